The predicted molar refractivity (Wildman–Crippen MR) is 66.8 cm³/mol. The maximum Gasteiger partial charge on any atom is 0.137 e. The summed E-state index contributed by atoms with van der Waals surface area (Å²) >= 11 is 0. The molecule has 0 saturated carbocycles. The van der Waals surface area contributed by atoms with E-state index in [9.17, 15) is 0 Å². The minimum atomic E-state index is -0.178. The molecule has 0 spiro atoms. The third-order valence-corrected chi connectivity index (χ3v) is 2.00. The highest BCUT2D eigenvalue weighted by Gasteiger charge is 2.10. The quantitative estimate of drug-likeness (QED) is 0.641. The van der Waals surface area contributed by atoms with Crippen LogP contribution >= 0.6 is 0 Å². The van der Waals surface area contributed by atoms with Crippen molar-refractivity contribution in [2.75, 3.05) is 18.9 Å². The summed E-state index contributed by atoms with van der Waals surface area (Å²) in [5, 5.41) is 8.91. The lowest BCUT2D eigenvalue weighted by Gasteiger charge is -2.19. The first kappa shape index (κ1) is 13.3. The summed E-state index contributed by atoms with van der Waals surface area (Å²) in [5.74, 6) is 0.541. The first-order valence-electron chi connectivity index (χ1n) is 5.49. The Morgan fingerprint density at radius 2 is 2.00 bits per heavy atom. The van der Waals surface area contributed by atoms with Crippen molar-refractivity contribution >= 4 is 5.69 Å². The van der Waals surface area contributed by atoms with E-state index in [4.69, 9.17) is 20.5 Å². The Bertz CT molecular complexity index is 416. The third-order valence-electron chi connectivity index (χ3n) is 2.00. The highest BCUT2D eigenvalue weighted by atomic mass is 16.5. The number of nitriles is 1. The van der Waals surface area contributed by atoms with Crippen LogP contribution in [0.4, 0.5) is 5.69 Å². The predicted octanol–water partition coefficient (Wildman–Crippen LogP) is 2.33. The zero-order valence-electron chi connectivity index (χ0n) is 10.5. The maximum absolute atomic E-state index is 8.91. The summed E-state index contributed by atoms with van der Waals surface area (Å²) in [7, 11) is 0. The van der Waals surface area contributed by atoms with Crippen LogP contribution in [0.3, 0.4) is 0 Å². The largest absolute Gasteiger partial charge is 0.490 e. The van der Waals surface area contributed by atoms with Gasteiger partial charge in [0.1, 0.15) is 18.4 Å². The van der Waals surface area contributed by atoms with E-state index in [0.29, 0.717) is 30.2 Å². The Morgan fingerprint density at radius 3 is 2.59 bits per heavy atom. The molecule has 17 heavy (non-hydrogen) atoms. The van der Waals surface area contributed by atoms with E-state index in [0.717, 1.165) is 0 Å². The molecular formula is C13H18N2O2. The van der Waals surface area contributed by atoms with E-state index in [1.54, 1.807) is 18.2 Å². The van der Waals surface area contributed by atoms with Crippen LogP contribution in [0.5, 0.6) is 5.75 Å². The van der Waals surface area contributed by atoms with Crippen molar-refractivity contribution in [1.29, 1.82) is 5.26 Å². The molecule has 0 bridgehead atoms. The van der Waals surface area contributed by atoms with E-state index >= 15 is 0 Å². The highest BCUT2D eigenvalue weighted by Crippen LogP contribution is 2.20. The van der Waals surface area contributed by atoms with Crippen LogP contribution in [-0.2, 0) is 4.74 Å². The molecule has 0 aromatic heterocycles. The van der Waals surface area contributed by atoms with Crippen LogP contribution in [-0.4, -0.2) is 18.8 Å². The van der Waals surface area contributed by atoms with Gasteiger partial charge in [0, 0.05) is 5.69 Å². The number of anilines is 1. The summed E-state index contributed by atoms with van der Waals surface area (Å²) in [4.78, 5) is 0. The van der Waals surface area contributed by atoms with Crippen molar-refractivity contribution in [3.8, 4) is 11.8 Å². The number of hydrogen-bond acceptors (Lipinski definition) is 4. The van der Waals surface area contributed by atoms with Gasteiger partial charge in [-0.2, -0.15) is 5.26 Å². The second-order valence-electron chi connectivity index (χ2n) is 4.68. The fourth-order valence-electron chi connectivity index (χ4n) is 1.26. The molecule has 0 fully saturated rings. The molecular weight excluding hydrogens is 216 g/mol. The monoisotopic (exact) mass is 234 g/mol. The Kier molecular flexibility index (Phi) is 4.36. The molecule has 0 radical (unpaired) electrons. The van der Waals surface area contributed by atoms with Gasteiger partial charge >= 0.3 is 0 Å². The summed E-state index contributed by atoms with van der Waals surface area (Å²) in [6.07, 6.45) is 0. The first-order chi connectivity index (χ1) is 7.92. The smallest absolute Gasteiger partial charge is 0.137 e. The molecule has 1 aromatic rings. The van der Waals surface area contributed by atoms with Gasteiger partial charge < -0.3 is 15.2 Å². The van der Waals surface area contributed by atoms with E-state index in [1.807, 2.05) is 26.8 Å². The number of hydrogen-bond donors (Lipinski definition) is 1. The van der Waals surface area contributed by atoms with Crippen LogP contribution in [0.15, 0.2) is 18.2 Å². The summed E-state index contributed by atoms with van der Waals surface area (Å²) in [6, 6.07) is 7.05. The average molecular weight is 234 g/mol. The summed E-state index contributed by atoms with van der Waals surface area (Å²) in [6.45, 7) is 6.85. The van der Waals surface area contributed by atoms with Gasteiger partial charge in [-0.25, -0.2) is 0 Å². The molecule has 4 nitrogen and oxygen atoms in total. The Morgan fingerprint density at radius 1 is 1.29 bits per heavy atom. The number of ether oxygens (including phenoxy) is 2. The van der Waals surface area contributed by atoms with Gasteiger partial charge in [0.05, 0.1) is 17.8 Å². The van der Waals surface area contributed by atoms with Crippen LogP contribution in [0.1, 0.15) is 26.3 Å². The van der Waals surface area contributed by atoms with E-state index in [1.165, 1.54) is 0 Å². The lowest BCUT2D eigenvalue weighted by Crippen LogP contribution is -2.22. The van der Waals surface area contributed by atoms with Crippen molar-refractivity contribution in [2.45, 2.75) is 26.4 Å². The summed E-state index contributed by atoms with van der Waals surface area (Å²) < 4.78 is 11.0. The van der Waals surface area contributed by atoms with Crippen molar-refractivity contribution in [3.05, 3.63) is 23.8 Å². The lowest BCUT2D eigenvalue weighted by molar-refractivity contribution is -0.0163. The molecule has 2 N–H and O–H groups in total. The number of nitrogen functional groups attached to an aromatic ring is 1. The van der Waals surface area contributed by atoms with Crippen LogP contribution in [0.2, 0.25) is 0 Å². The minimum Gasteiger partial charge on any atom is -0.490 e. The van der Waals surface area contributed by atoms with Crippen LogP contribution in [0, 0.1) is 11.3 Å². The minimum absolute atomic E-state index is 0.178. The van der Waals surface area contributed by atoms with Gasteiger partial charge in [0.15, 0.2) is 0 Å². The highest BCUT2D eigenvalue weighted by molar-refractivity contribution is 5.53. The van der Waals surface area contributed by atoms with Crippen molar-refractivity contribution < 1.29 is 9.47 Å². The number of rotatable bonds is 4. The fraction of sp³-hybridized carbons (Fsp3) is 0.462. The van der Waals surface area contributed by atoms with Crippen LogP contribution in [0.25, 0.3) is 0 Å². The van der Waals surface area contributed by atoms with E-state index < -0.39 is 0 Å². The van der Waals surface area contributed by atoms with E-state index in [-0.39, 0.29) is 5.60 Å². The standard InChI is InChI=1S/C13H18N2O2/c1-13(2,3)17-7-6-16-12-5-4-11(15)8-10(12)9-14/h4-5,8H,6-7,15H2,1-3H3. The van der Waals surface area contributed by atoms with Gasteiger partial charge in [-0.05, 0) is 39.0 Å². The van der Waals surface area contributed by atoms with Crippen molar-refractivity contribution in [1.82, 2.24) is 0 Å². The molecule has 0 aliphatic heterocycles. The Labute approximate surface area is 102 Å². The second kappa shape index (κ2) is 5.55. The second-order valence-corrected chi connectivity index (χ2v) is 4.68. The van der Waals surface area contributed by atoms with Gasteiger partial charge in [-0.1, -0.05) is 0 Å². The molecule has 1 rings (SSSR count). The molecule has 0 aliphatic rings. The van der Waals surface area contributed by atoms with Gasteiger partial charge in [-0.15, -0.1) is 0 Å². The first-order valence-corrected chi connectivity index (χ1v) is 5.49. The fourth-order valence-corrected chi connectivity index (χ4v) is 1.26. The molecule has 0 aliphatic carbocycles. The van der Waals surface area contributed by atoms with Gasteiger partial charge in [0.2, 0.25) is 0 Å². The Hall–Kier alpha value is -1.73. The number of benzene rings is 1. The topological polar surface area (TPSA) is 68.3 Å². The van der Waals surface area contributed by atoms with Crippen molar-refractivity contribution in [2.24, 2.45) is 0 Å². The third kappa shape index (κ3) is 4.75. The normalized spacial score (nSPS) is 10.9. The lowest BCUT2D eigenvalue weighted by atomic mass is 10.2. The Balaban J connectivity index is 2.50. The maximum atomic E-state index is 8.91. The zero-order chi connectivity index (χ0) is 12.9. The van der Waals surface area contributed by atoms with Gasteiger partial charge in [0.25, 0.3) is 0 Å². The SMILES string of the molecule is CC(C)(C)OCCOc1ccc(N)cc1C#N. The molecule has 0 amide bonds. The van der Waals surface area contributed by atoms with E-state index in [2.05, 4.69) is 0 Å². The van der Waals surface area contributed by atoms with Crippen molar-refractivity contribution in [3.63, 3.8) is 0 Å². The molecule has 0 saturated heterocycles. The van der Waals surface area contributed by atoms with Crippen LogP contribution < -0.4 is 10.5 Å². The molecule has 0 unspecified atom stereocenters. The number of nitrogens with zero attached hydrogens (tertiary/aromatic N) is 1. The van der Waals surface area contributed by atoms with Gasteiger partial charge in [-0.3, -0.25) is 0 Å². The molecule has 0 atom stereocenters. The zero-order valence-corrected chi connectivity index (χ0v) is 10.5. The number of nitrogens with two attached hydrogens (primary N) is 1. The summed E-state index contributed by atoms with van der Waals surface area (Å²) in [5.41, 5.74) is 6.41. The molecule has 0 heterocycles. The molecule has 92 valence electrons. The average Bonchev–Trinajstić information content (AvgIpc) is 2.24. The molecule has 4 heteroatoms. The molecule has 1 aromatic carbocycles.